The Hall–Kier alpha value is -2.71. The number of carbonyl (C=O) groups is 1. The maximum atomic E-state index is 13.1. The number of anilines is 1. The standard InChI is InChI=1S/C15H13F3N2O4/c1-2-22-14-19-10(8-24-14)13(21)20-6-7-23-12-9(15(16,17)18)4-3-5-11(12)20/h3-5,8H,2,6-7H2,1H3. The number of oxazole rings is 1. The number of hydrogen-bond donors (Lipinski definition) is 0. The Labute approximate surface area is 134 Å². The van der Waals surface area contributed by atoms with Gasteiger partial charge in [0, 0.05) is 0 Å². The third-order valence-electron chi connectivity index (χ3n) is 3.37. The lowest BCUT2D eigenvalue weighted by molar-refractivity contribution is -0.139. The molecule has 3 rings (SSSR count). The van der Waals surface area contributed by atoms with E-state index < -0.39 is 17.6 Å². The van der Waals surface area contributed by atoms with E-state index in [2.05, 4.69) is 4.98 Å². The first-order chi connectivity index (χ1) is 11.4. The molecule has 1 aliphatic heterocycles. The number of benzene rings is 1. The van der Waals surface area contributed by atoms with Gasteiger partial charge in [0.2, 0.25) is 0 Å². The highest BCUT2D eigenvalue weighted by Crippen LogP contribution is 2.43. The van der Waals surface area contributed by atoms with Gasteiger partial charge >= 0.3 is 12.3 Å². The Morgan fingerprint density at radius 2 is 2.21 bits per heavy atom. The van der Waals surface area contributed by atoms with Crippen LogP contribution in [0.25, 0.3) is 0 Å². The fraction of sp³-hybridized carbons (Fsp3) is 0.333. The molecule has 6 nitrogen and oxygen atoms in total. The zero-order chi connectivity index (χ0) is 17.3. The van der Waals surface area contributed by atoms with Crippen LogP contribution < -0.4 is 14.4 Å². The lowest BCUT2D eigenvalue weighted by atomic mass is 10.1. The second-order valence-electron chi connectivity index (χ2n) is 4.89. The van der Waals surface area contributed by atoms with E-state index in [1.165, 1.54) is 17.0 Å². The molecule has 0 N–H and O–H groups in total. The second-order valence-corrected chi connectivity index (χ2v) is 4.89. The summed E-state index contributed by atoms with van der Waals surface area (Å²) in [5.41, 5.74) is -0.932. The van der Waals surface area contributed by atoms with Crippen LogP contribution in [-0.4, -0.2) is 30.6 Å². The van der Waals surface area contributed by atoms with Crippen LogP contribution in [0.5, 0.6) is 11.8 Å². The van der Waals surface area contributed by atoms with Gasteiger partial charge in [0.25, 0.3) is 5.91 Å². The molecule has 2 aromatic rings. The van der Waals surface area contributed by atoms with Gasteiger partial charge in [-0.2, -0.15) is 18.2 Å². The van der Waals surface area contributed by atoms with Crippen LogP contribution in [0.15, 0.2) is 28.9 Å². The molecule has 0 saturated carbocycles. The van der Waals surface area contributed by atoms with Gasteiger partial charge in [-0.1, -0.05) is 6.07 Å². The van der Waals surface area contributed by atoms with E-state index in [0.717, 1.165) is 12.3 Å². The van der Waals surface area contributed by atoms with Crippen LogP contribution in [0.2, 0.25) is 0 Å². The van der Waals surface area contributed by atoms with Crippen LogP contribution in [-0.2, 0) is 6.18 Å². The third-order valence-corrected chi connectivity index (χ3v) is 3.37. The molecule has 0 radical (unpaired) electrons. The number of para-hydroxylation sites is 1. The first kappa shape index (κ1) is 16.2. The minimum Gasteiger partial charge on any atom is -0.489 e. The Morgan fingerprint density at radius 3 is 2.92 bits per heavy atom. The maximum absolute atomic E-state index is 13.1. The third kappa shape index (κ3) is 2.89. The van der Waals surface area contributed by atoms with Crippen molar-refractivity contribution in [3.8, 4) is 11.8 Å². The van der Waals surface area contributed by atoms with Crippen LogP contribution in [0.4, 0.5) is 18.9 Å². The van der Waals surface area contributed by atoms with Crippen molar-refractivity contribution in [2.45, 2.75) is 13.1 Å². The first-order valence-corrected chi connectivity index (χ1v) is 7.15. The number of aromatic nitrogens is 1. The lowest BCUT2D eigenvalue weighted by Gasteiger charge is -2.30. The van der Waals surface area contributed by atoms with Crippen LogP contribution in [0, 0.1) is 0 Å². The Morgan fingerprint density at radius 1 is 1.42 bits per heavy atom. The molecule has 0 aliphatic carbocycles. The Balaban J connectivity index is 1.96. The molecule has 1 amide bonds. The van der Waals surface area contributed by atoms with Crippen molar-refractivity contribution >= 4 is 11.6 Å². The molecule has 128 valence electrons. The molecule has 0 bridgehead atoms. The lowest BCUT2D eigenvalue weighted by Crippen LogP contribution is -2.38. The topological polar surface area (TPSA) is 64.8 Å². The van der Waals surface area contributed by atoms with Crippen molar-refractivity contribution in [2.24, 2.45) is 0 Å². The van der Waals surface area contributed by atoms with Crippen LogP contribution in [0.1, 0.15) is 23.0 Å². The van der Waals surface area contributed by atoms with Crippen molar-refractivity contribution in [1.82, 2.24) is 4.98 Å². The van der Waals surface area contributed by atoms with Gasteiger partial charge in [-0.15, -0.1) is 0 Å². The number of fused-ring (bicyclic) bond motifs is 1. The summed E-state index contributed by atoms with van der Waals surface area (Å²) < 4.78 is 54.4. The molecule has 0 fully saturated rings. The summed E-state index contributed by atoms with van der Waals surface area (Å²) in [4.78, 5) is 17.6. The van der Waals surface area contributed by atoms with Crippen LogP contribution in [0.3, 0.4) is 0 Å². The van der Waals surface area contributed by atoms with Crippen molar-refractivity contribution < 1.29 is 31.9 Å². The largest absolute Gasteiger partial charge is 0.489 e. The zero-order valence-electron chi connectivity index (χ0n) is 12.6. The molecule has 9 heteroatoms. The van der Waals surface area contributed by atoms with Gasteiger partial charge in [0.15, 0.2) is 11.4 Å². The summed E-state index contributed by atoms with van der Waals surface area (Å²) in [6, 6.07) is 3.53. The number of amides is 1. The molecular formula is C15H13F3N2O4. The zero-order valence-corrected chi connectivity index (χ0v) is 12.6. The highest BCUT2D eigenvalue weighted by Gasteiger charge is 2.38. The summed E-state index contributed by atoms with van der Waals surface area (Å²) in [6.07, 6.45) is -3.54. The van der Waals surface area contributed by atoms with Gasteiger partial charge in [0.1, 0.15) is 12.9 Å². The molecule has 0 saturated heterocycles. The van der Waals surface area contributed by atoms with Gasteiger partial charge in [-0.05, 0) is 19.1 Å². The number of rotatable bonds is 3. The average molecular weight is 342 g/mol. The smallest absolute Gasteiger partial charge is 0.420 e. The van der Waals surface area contributed by atoms with Gasteiger partial charge in [0.05, 0.1) is 24.4 Å². The molecular weight excluding hydrogens is 329 g/mol. The number of carbonyl (C=O) groups excluding carboxylic acids is 1. The highest BCUT2D eigenvalue weighted by atomic mass is 19.4. The molecule has 2 heterocycles. The van der Waals surface area contributed by atoms with Gasteiger partial charge < -0.3 is 13.9 Å². The molecule has 1 aromatic carbocycles. The van der Waals surface area contributed by atoms with E-state index in [4.69, 9.17) is 13.9 Å². The fourth-order valence-corrected chi connectivity index (χ4v) is 2.37. The number of alkyl halides is 3. The maximum Gasteiger partial charge on any atom is 0.420 e. The quantitative estimate of drug-likeness (QED) is 0.857. The second kappa shape index (κ2) is 6.06. The van der Waals surface area contributed by atoms with E-state index in [1.807, 2.05) is 0 Å². The first-order valence-electron chi connectivity index (χ1n) is 7.15. The summed E-state index contributed by atoms with van der Waals surface area (Å²) in [7, 11) is 0. The summed E-state index contributed by atoms with van der Waals surface area (Å²) in [6.45, 7) is 2.08. The fourth-order valence-electron chi connectivity index (χ4n) is 2.37. The molecule has 24 heavy (non-hydrogen) atoms. The Kier molecular flexibility index (Phi) is 4.08. The number of halogens is 3. The van der Waals surface area contributed by atoms with E-state index in [0.29, 0.717) is 6.61 Å². The Bertz CT molecular complexity index is 757. The molecule has 0 spiro atoms. The van der Waals surface area contributed by atoms with E-state index in [-0.39, 0.29) is 36.4 Å². The van der Waals surface area contributed by atoms with Crippen LogP contribution >= 0.6 is 0 Å². The minimum absolute atomic E-state index is 0.0436. The molecule has 0 unspecified atom stereocenters. The minimum atomic E-state index is -4.58. The van der Waals surface area contributed by atoms with E-state index in [9.17, 15) is 18.0 Å². The van der Waals surface area contributed by atoms with Gasteiger partial charge in [-0.25, -0.2) is 0 Å². The predicted molar refractivity (Wildman–Crippen MR) is 76.3 cm³/mol. The molecule has 1 aromatic heterocycles. The monoisotopic (exact) mass is 342 g/mol. The predicted octanol–water partition coefficient (Wildman–Crippen LogP) is 3.13. The van der Waals surface area contributed by atoms with E-state index >= 15 is 0 Å². The van der Waals surface area contributed by atoms with Gasteiger partial charge in [-0.3, -0.25) is 9.69 Å². The SMILES string of the molecule is CCOc1nc(C(=O)N2CCOc3c2cccc3C(F)(F)F)co1. The number of nitrogens with zero attached hydrogens (tertiary/aromatic N) is 2. The van der Waals surface area contributed by atoms with Crippen molar-refractivity contribution in [1.29, 1.82) is 0 Å². The highest BCUT2D eigenvalue weighted by molar-refractivity contribution is 6.05. The summed E-state index contributed by atoms with van der Waals surface area (Å²) in [5, 5.41) is 0. The molecule has 0 atom stereocenters. The number of ether oxygens (including phenoxy) is 2. The van der Waals surface area contributed by atoms with Crippen molar-refractivity contribution in [3.05, 3.63) is 35.7 Å². The van der Waals surface area contributed by atoms with E-state index in [1.54, 1.807) is 6.92 Å². The normalized spacial score (nSPS) is 14.1. The molecule has 1 aliphatic rings. The summed E-state index contributed by atoms with van der Waals surface area (Å²) >= 11 is 0. The average Bonchev–Trinajstić information content (AvgIpc) is 3.01. The van der Waals surface area contributed by atoms with Crippen molar-refractivity contribution in [2.75, 3.05) is 24.7 Å². The number of hydrogen-bond acceptors (Lipinski definition) is 5. The summed E-state index contributed by atoms with van der Waals surface area (Å²) in [5.74, 6) is -0.952. The van der Waals surface area contributed by atoms with Crippen molar-refractivity contribution in [3.63, 3.8) is 0 Å².